The molecule has 0 spiro atoms. The number of rotatable bonds is 5. The SMILES string of the molecule is Cc1ncsc1C(NCC1CC1)C(=O)O. The Labute approximate surface area is 92.3 Å². The molecular weight excluding hydrogens is 212 g/mol. The van der Waals surface area contributed by atoms with Gasteiger partial charge in [-0.25, -0.2) is 4.98 Å². The summed E-state index contributed by atoms with van der Waals surface area (Å²) >= 11 is 1.40. The molecule has 5 heteroatoms. The summed E-state index contributed by atoms with van der Waals surface area (Å²) in [6.07, 6.45) is 2.45. The van der Waals surface area contributed by atoms with Crippen LogP contribution in [0, 0.1) is 12.8 Å². The fourth-order valence-corrected chi connectivity index (χ4v) is 2.35. The smallest absolute Gasteiger partial charge is 0.326 e. The predicted molar refractivity (Wildman–Crippen MR) is 58.0 cm³/mol. The summed E-state index contributed by atoms with van der Waals surface area (Å²) in [7, 11) is 0. The van der Waals surface area contributed by atoms with Crippen LogP contribution in [0.3, 0.4) is 0 Å². The van der Waals surface area contributed by atoms with Crippen molar-refractivity contribution in [3.8, 4) is 0 Å². The van der Waals surface area contributed by atoms with Crippen molar-refractivity contribution in [1.82, 2.24) is 10.3 Å². The van der Waals surface area contributed by atoms with E-state index in [4.69, 9.17) is 5.11 Å². The molecule has 0 bridgehead atoms. The Kier molecular flexibility index (Phi) is 3.02. The lowest BCUT2D eigenvalue weighted by atomic mass is 10.2. The summed E-state index contributed by atoms with van der Waals surface area (Å²) in [5, 5.41) is 12.2. The summed E-state index contributed by atoms with van der Waals surface area (Å²) in [4.78, 5) is 16.0. The molecule has 1 aromatic heterocycles. The van der Waals surface area contributed by atoms with E-state index in [0.717, 1.165) is 17.1 Å². The zero-order chi connectivity index (χ0) is 10.8. The molecule has 1 aliphatic carbocycles. The minimum Gasteiger partial charge on any atom is -0.480 e. The first-order chi connectivity index (χ1) is 7.18. The molecule has 2 rings (SSSR count). The number of hydrogen-bond donors (Lipinski definition) is 2. The van der Waals surface area contributed by atoms with Crippen LogP contribution < -0.4 is 5.32 Å². The third-order valence-electron chi connectivity index (χ3n) is 2.60. The fourth-order valence-electron chi connectivity index (χ4n) is 1.49. The maximum absolute atomic E-state index is 11.1. The van der Waals surface area contributed by atoms with Crippen LogP contribution in [0.25, 0.3) is 0 Å². The standard InChI is InChI=1S/C10H14N2O2S/c1-6-9(15-5-12-6)8(10(13)14)11-4-7-2-3-7/h5,7-8,11H,2-4H2,1H3,(H,13,14). The Morgan fingerprint density at radius 1 is 1.80 bits per heavy atom. The first kappa shape index (κ1) is 10.6. The number of aliphatic carboxylic acids is 1. The zero-order valence-electron chi connectivity index (χ0n) is 8.56. The van der Waals surface area contributed by atoms with Crippen molar-refractivity contribution in [3.05, 3.63) is 16.1 Å². The lowest BCUT2D eigenvalue weighted by molar-refractivity contribution is -0.139. The first-order valence-electron chi connectivity index (χ1n) is 5.04. The van der Waals surface area contributed by atoms with E-state index >= 15 is 0 Å². The lowest BCUT2D eigenvalue weighted by Crippen LogP contribution is -2.29. The van der Waals surface area contributed by atoms with Gasteiger partial charge in [-0.15, -0.1) is 11.3 Å². The molecule has 0 aliphatic heterocycles. The van der Waals surface area contributed by atoms with E-state index in [9.17, 15) is 4.79 Å². The second-order valence-electron chi connectivity index (χ2n) is 3.92. The zero-order valence-corrected chi connectivity index (χ0v) is 9.38. The van der Waals surface area contributed by atoms with E-state index in [1.165, 1.54) is 24.2 Å². The van der Waals surface area contributed by atoms with Gasteiger partial charge in [0.25, 0.3) is 0 Å². The number of carbonyl (C=O) groups is 1. The molecule has 1 unspecified atom stereocenters. The van der Waals surface area contributed by atoms with Crippen LogP contribution in [0.1, 0.15) is 29.5 Å². The number of aryl methyl sites for hydroxylation is 1. The summed E-state index contributed by atoms with van der Waals surface area (Å²) in [6, 6.07) is -0.585. The molecule has 0 saturated heterocycles. The highest BCUT2D eigenvalue weighted by atomic mass is 32.1. The maximum atomic E-state index is 11.1. The highest BCUT2D eigenvalue weighted by Crippen LogP contribution is 2.29. The van der Waals surface area contributed by atoms with Gasteiger partial charge in [0.05, 0.1) is 16.1 Å². The summed E-state index contributed by atoms with van der Waals surface area (Å²) in [6.45, 7) is 2.65. The number of nitrogens with zero attached hydrogens (tertiary/aromatic N) is 1. The van der Waals surface area contributed by atoms with Crippen LogP contribution in [-0.2, 0) is 4.79 Å². The Hall–Kier alpha value is -0.940. The van der Waals surface area contributed by atoms with Crippen LogP contribution >= 0.6 is 11.3 Å². The monoisotopic (exact) mass is 226 g/mol. The van der Waals surface area contributed by atoms with Crippen LogP contribution in [-0.4, -0.2) is 22.6 Å². The molecule has 4 nitrogen and oxygen atoms in total. The quantitative estimate of drug-likeness (QED) is 0.800. The van der Waals surface area contributed by atoms with Gasteiger partial charge in [-0.1, -0.05) is 0 Å². The number of hydrogen-bond acceptors (Lipinski definition) is 4. The summed E-state index contributed by atoms with van der Waals surface area (Å²) < 4.78 is 0. The highest BCUT2D eigenvalue weighted by Gasteiger charge is 2.27. The van der Waals surface area contributed by atoms with Crippen molar-refractivity contribution < 1.29 is 9.90 Å². The largest absolute Gasteiger partial charge is 0.480 e. The van der Waals surface area contributed by atoms with E-state index < -0.39 is 12.0 Å². The van der Waals surface area contributed by atoms with Gasteiger partial charge in [-0.05, 0) is 32.2 Å². The van der Waals surface area contributed by atoms with Crippen LogP contribution in [0.15, 0.2) is 5.51 Å². The van der Waals surface area contributed by atoms with E-state index in [0.29, 0.717) is 5.92 Å². The third-order valence-corrected chi connectivity index (χ3v) is 3.60. The molecule has 0 aromatic carbocycles. The number of carboxylic acid groups (broad SMARTS) is 1. The van der Waals surface area contributed by atoms with Gasteiger partial charge in [0, 0.05) is 0 Å². The molecule has 1 atom stereocenters. The van der Waals surface area contributed by atoms with Crippen molar-refractivity contribution >= 4 is 17.3 Å². The Balaban J connectivity index is 2.04. The molecule has 15 heavy (non-hydrogen) atoms. The van der Waals surface area contributed by atoms with Gasteiger partial charge in [0.1, 0.15) is 6.04 Å². The Bertz CT molecular complexity index is 360. The van der Waals surface area contributed by atoms with Crippen molar-refractivity contribution in [2.24, 2.45) is 5.92 Å². The predicted octanol–water partition coefficient (Wildman–Crippen LogP) is 1.58. The van der Waals surface area contributed by atoms with Crippen molar-refractivity contribution in [2.45, 2.75) is 25.8 Å². The van der Waals surface area contributed by atoms with Crippen molar-refractivity contribution in [1.29, 1.82) is 0 Å². The highest BCUT2D eigenvalue weighted by molar-refractivity contribution is 7.10. The molecule has 1 heterocycles. The molecule has 2 N–H and O–H groups in total. The topological polar surface area (TPSA) is 62.2 Å². The first-order valence-corrected chi connectivity index (χ1v) is 5.92. The lowest BCUT2D eigenvalue weighted by Gasteiger charge is -2.12. The van der Waals surface area contributed by atoms with Gasteiger partial charge >= 0.3 is 5.97 Å². The van der Waals surface area contributed by atoms with Gasteiger partial charge in [-0.3, -0.25) is 10.1 Å². The molecule has 1 saturated carbocycles. The third kappa shape index (κ3) is 2.54. The second kappa shape index (κ2) is 4.28. The minimum atomic E-state index is -0.817. The average molecular weight is 226 g/mol. The molecule has 1 aromatic rings. The molecule has 1 fully saturated rings. The second-order valence-corrected chi connectivity index (χ2v) is 4.81. The molecular formula is C10H14N2O2S. The van der Waals surface area contributed by atoms with Crippen LogP contribution in [0.5, 0.6) is 0 Å². The fraction of sp³-hybridized carbons (Fsp3) is 0.600. The summed E-state index contributed by atoms with van der Waals surface area (Å²) in [5.74, 6) is -0.136. The van der Waals surface area contributed by atoms with E-state index in [1.54, 1.807) is 5.51 Å². The normalized spacial score (nSPS) is 17.7. The van der Waals surface area contributed by atoms with Gasteiger partial charge < -0.3 is 5.11 Å². The van der Waals surface area contributed by atoms with E-state index in [1.807, 2.05) is 6.92 Å². The van der Waals surface area contributed by atoms with Gasteiger partial charge in [0.2, 0.25) is 0 Å². The van der Waals surface area contributed by atoms with Gasteiger partial charge in [-0.2, -0.15) is 0 Å². The Morgan fingerprint density at radius 2 is 2.53 bits per heavy atom. The van der Waals surface area contributed by atoms with Gasteiger partial charge in [0.15, 0.2) is 0 Å². The van der Waals surface area contributed by atoms with E-state index in [-0.39, 0.29) is 0 Å². The molecule has 82 valence electrons. The van der Waals surface area contributed by atoms with Crippen LogP contribution in [0.2, 0.25) is 0 Å². The molecule has 1 aliphatic rings. The molecule has 0 amide bonds. The number of thiazole rings is 1. The Morgan fingerprint density at radius 3 is 3.00 bits per heavy atom. The van der Waals surface area contributed by atoms with E-state index in [2.05, 4.69) is 10.3 Å². The number of aromatic nitrogens is 1. The number of carboxylic acids is 1. The van der Waals surface area contributed by atoms with Crippen LogP contribution in [0.4, 0.5) is 0 Å². The summed E-state index contributed by atoms with van der Waals surface area (Å²) in [5.41, 5.74) is 2.51. The minimum absolute atomic E-state index is 0.585. The number of nitrogens with one attached hydrogen (secondary N) is 1. The van der Waals surface area contributed by atoms with Crippen molar-refractivity contribution in [2.75, 3.05) is 6.54 Å². The maximum Gasteiger partial charge on any atom is 0.326 e. The van der Waals surface area contributed by atoms with Crippen molar-refractivity contribution in [3.63, 3.8) is 0 Å². The average Bonchev–Trinajstić information content (AvgIpc) is 2.91. The molecule has 0 radical (unpaired) electrons.